The van der Waals surface area contributed by atoms with Crippen molar-refractivity contribution in [2.75, 3.05) is 0 Å². The molecule has 0 aliphatic heterocycles. The Hall–Kier alpha value is -2.61. The van der Waals surface area contributed by atoms with E-state index in [9.17, 15) is 13.2 Å². The average Bonchev–Trinajstić information content (AvgIpc) is 3.02. The topological polar surface area (TPSA) is 43.1 Å². The number of thioether (sulfide) groups is 1. The first-order valence-corrected chi connectivity index (χ1v) is 8.81. The zero-order valence-corrected chi connectivity index (χ0v) is 14.5. The molecule has 8 heteroatoms. The number of para-hydroxylation sites is 2. The molecule has 26 heavy (non-hydrogen) atoms. The number of aromatic nitrogens is 4. The number of nitrogens with zero attached hydrogens (tertiary/aromatic N) is 4. The second kappa shape index (κ2) is 6.28. The smallest absolute Gasteiger partial charge is 0.275 e. The van der Waals surface area contributed by atoms with Crippen LogP contribution in [-0.4, -0.2) is 19.6 Å². The van der Waals surface area contributed by atoms with Crippen LogP contribution in [0.25, 0.3) is 16.7 Å². The Balaban J connectivity index is 1.71. The van der Waals surface area contributed by atoms with Gasteiger partial charge in [0.2, 0.25) is 0 Å². The van der Waals surface area contributed by atoms with Crippen molar-refractivity contribution >= 4 is 28.4 Å². The minimum Gasteiger partial charge on any atom is -0.275 e. The Bertz CT molecular complexity index is 1100. The molecule has 0 fully saturated rings. The van der Waals surface area contributed by atoms with Crippen molar-refractivity contribution < 1.29 is 13.2 Å². The Morgan fingerprint density at radius 2 is 1.85 bits per heavy atom. The molecule has 132 valence electrons. The first kappa shape index (κ1) is 16.8. The SMILES string of the molecule is Cc1nnc2c(SCc3cccc(C(F)(F)F)c3)nc3ccccc3n12. The highest BCUT2D eigenvalue weighted by Crippen LogP contribution is 2.32. The zero-order valence-electron chi connectivity index (χ0n) is 13.7. The number of rotatable bonds is 3. The molecule has 2 aromatic carbocycles. The third kappa shape index (κ3) is 3.01. The summed E-state index contributed by atoms with van der Waals surface area (Å²) in [6.07, 6.45) is -4.35. The van der Waals surface area contributed by atoms with E-state index < -0.39 is 11.7 Å². The van der Waals surface area contributed by atoms with E-state index in [0.717, 1.165) is 22.9 Å². The molecule has 0 aliphatic carbocycles. The van der Waals surface area contributed by atoms with E-state index in [1.807, 2.05) is 35.6 Å². The van der Waals surface area contributed by atoms with Crippen LogP contribution in [0, 0.1) is 6.92 Å². The van der Waals surface area contributed by atoms with Crippen molar-refractivity contribution in [1.29, 1.82) is 0 Å². The molecule has 4 nitrogen and oxygen atoms in total. The van der Waals surface area contributed by atoms with Gasteiger partial charge in [-0.05, 0) is 30.7 Å². The van der Waals surface area contributed by atoms with Crippen LogP contribution in [0.1, 0.15) is 17.0 Å². The molecule has 0 aliphatic rings. The Labute approximate surface area is 151 Å². The second-order valence-electron chi connectivity index (χ2n) is 5.80. The zero-order chi connectivity index (χ0) is 18.3. The molecule has 0 saturated heterocycles. The maximum Gasteiger partial charge on any atom is 0.416 e. The molecular weight excluding hydrogens is 361 g/mol. The summed E-state index contributed by atoms with van der Waals surface area (Å²) < 4.78 is 40.5. The van der Waals surface area contributed by atoms with E-state index >= 15 is 0 Å². The van der Waals surface area contributed by atoms with E-state index in [4.69, 9.17) is 0 Å². The van der Waals surface area contributed by atoms with Gasteiger partial charge in [0.25, 0.3) is 0 Å². The van der Waals surface area contributed by atoms with Gasteiger partial charge in [0.05, 0.1) is 16.6 Å². The number of hydrogen-bond acceptors (Lipinski definition) is 4. The number of fused-ring (bicyclic) bond motifs is 3. The number of alkyl halides is 3. The molecular formula is C18H13F3N4S. The Morgan fingerprint density at radius 3 is 2.65 bits per heavy atom. The van der Waals surface area contributed by atoms with Gasteiger partial charge in [-0.2, -0.15) is 13.2 Å². The van der Waals surface area contributed by atoms with Crippen molar-refractivity contribution in [3.05, 3.63) is 65.5 Å². The summed E-state index contributed by atoms with van der Waals surface area (Å²) in [6, 6.07) is 13.0. The third-order valence-electron chi connectivity index (χ3n) is 3.99. The van der Waals surface area contributed by atoms with Crippen molar-refractivity contribution in [2.24, 2.45) is 0 Å². The van der Waals surface area contributed by atoms with Crippen LogP contribution in [0.4, 0.5) is 13.2 Å². The molecule has 4 rings (SSSR count). The van der Waals surface area contributed by atoms with Crippen LogP contribution in [0.2, 0.25) is 0 Å². The fourth-order valence-corrected chi connectivity index (χ4v) is 3.69. The van der Waals surface area contributed by atoms with Gasteiger partial charge in [-0.25, -0.2) is 4.98 Å². The highest BCUT2D eigenvalue weighted by molar-refractivity contribution is 7.98. The lowest BCUT2D eigenvalue weighted by atomic mass is 10.1. The molecule has 2 aromatic heterocycles. The average molecular weight is 374 g/mol. The molecule has 0 N–H and O–H groups in total. The van der Waals surface area contributed by atoms with Gasteiger partial charge in [-0.1, -0.05) is 42.1 Å². The van der Waals surface area contributed by atoms with Crippen molar-refractivity contribution in [3.63, 3.8) is 0 Å². The van der Waals surface area contributed by atoms with Crippen LogP contribution in [0.3, 0.4) is 0 Å². The maximum absolute atomic E-state index is 12.9. The highest BCUT2D eigenvalue weighted by atomic mass is 32.2. The van der Waals surface area contributed by atoms with Gasteiger partial charge in [0.15, 0.2) is 5.65 Å². The number of benzene rings is 2. The summed E-state index contributed by atoms with van der Waals surface area (Å²) >= 11 is 1.35. The molecule has 0 amide bonds. The standard InChI is InChI=1S/C18H13F3N4S/c1-11-23-24-16-17(22-14-7-2-3-8-15(14)25(11)16)26-10-12-5-4-6-13(9-12)18(19,20)21/h2-9H,10H2,1H3. The molecule has 0 unspecified atom stereocenters. The predicted molar refractivity (Wildman–Crippen MR) is 94.0 cm³/mol. The largest absolute Gasteiger partial charge is 0.416 e. The van der Waals surface area contributed by atoms with Gasteiger partial charge < -0.3 is 0 Å². The first-order valence-electron chi connectivity index (χ1n) is 7.83. The van der Waals surface area contributed by atoms with Gasteiger partial charge >= 0.3 is 6.18 Å². The lowest BCUT2D eigenvalue weighted by Gasteiger charge is -2.09. The molecule has 2 heterocycles. The fourth-order valence-electron chi connectivity index (χ4n) is 2.78. The van der Waals surface area contributed by atoms with Crippen LogP contribution in [-0.2, 0) is 11.9 Å². The molecule has 4 aromatic rings. The lowest BCUT2D eigenvalue weighted by Crippen LogP contribution is -2.05. The van der Waals surface area contributed by atoms with Crippen molar-refractivity contribution in [2.45, 2.75) is 23.9 Å². The van der Waals surface area contributed by atoms with E-state index in [2.05, 4.69) is 15.2 Å². The van der Waals surface area contributed by atoms with Crippen molar-refractivity contribution in [3.8, 4) is 0 Å². The van der Waals surface area contributed by atoms with E-state index in [1.54, 1.807) is 6.07 Å². The van der Waals surface area contributed by atoms with Gasteiger partial charge in [-0.15, -0.1) is 10.2 Å². The summed E-state index contributed by atoms with van der Waals surface area (Å²) in [5.74, 6) is 1.09. The summed E-state index contributed by atoms with van der Waals surface area (Å²) in [5.41, 5.74) is 2.22. The van der Waals surface area contributed by atoms with Crippen LogP contribution >= 0.6 is 11.8 Å². The van der Waals surface area contributed by atoms with Gasteiger partial charge in [0.1, 0.15) is 10.9 Å². The number of aryl methyl sites for hydroxylation is 1. The minimum atomic E-state index is -4.35. The highest BCUT2D eigenvalue weighted by Gasteiger charge is 2.30. The second-order valence-corrected chi connectivity index (χ2v) is 6.76. The summed E-state index contributed by atoms with van der Waals surface area (Å²) in [4.78, 5) is 4.62. The third-order valence-corrected chi connectivity index (χ3v) is 5.02. The minimum absolute atomic E-state index is 0.358. The lowest BCUT2D eigenvalue weighted by molar-refractivity contribution is -0.137. The van der Waals surface area contributed by atoms with E-state index in [1.165, 1.54) is 23.9 Å². The molecule has 0 saturated carbocycles. The normalized spacial score (nSPS) is 12.2. The first-order chi connectivity index (χ1) is 12.4. The van der Waals surface area contributed by atoms with Crippen molar-refractivity contribution in [1.82, 2.24) is 19.6 Å². The Kier molecular flexibility index (Phi) is 4.07. The van der Waals surface area contributed by atoms with Gasteiger partial charge in [0, 0.05) is 5.75 Å². The molecule has 0 atom stereocenters. The number of hydrogen-bond donors (Lipinski definition) is 0. The fraction of sp³-hybridized carbons (Fsp3) is 0.167. The molecule has 0 spiro atoms. The number of halogens is 3. The summed E-state index contributed by atoms with van der Waals surface area (Å²) in [7, 11) is 0. The Morgan fingerprint density at radius 1 is 1.04 bits per heavy atom. The van der Waals surface area contributed by atoms with Crippen LogP contribution in [0.5, 0.6) is 0 Å². The molecule has 0 bridgehead atoms. The predicted octanol–water partition coefficient (Wildman–Crippen LogP) is 4.90. The van der Waals surface area contributed by atoms with E-state index in [-0.39, 0.29) is 0 Å². The van der Waals surface area contributed by atoms with Crippen LogP contribution < -0.4 is 0 Å². The molecule has 0 radical (unpaired) electrons. The summed E-state index contributed by atoms with van der Waals surface area (Å²) in [5, 5.41) is 8.95. The van der Waals surface area contributed by atoms with Crippen LogP contribution in [0.15, 0.2) is 53.6 Å². The monoisotopic (exact) mass is 374 g/mol. The summed E-state index contributed by atoms with van der Waals surface area (Å²) in [6.45, 7) is 1.85. The van der Waals surface area contributed by atoms with Gasteiger partial charge in [-0.3, -0.25) is 4.40 Å². The van der Waals surface area contributed by atoms with E-state index in [0.29, 0.717) is 22.0 Å². The quantitative estimate of drug-likeness (QED) is 0.479. The maximum atomic E-state index is 12.9.